The average molecular weight is 277 g/mol. The summed E-state index contributed by atoms with van der Waals surface area (Å²) in [4.78, 5) is 10.4. The van der Waals surface area contributed by atoms with Crippen LogP contribution in [0.5, 0.6) is 0 Å². The first-order chi connectivity index (χ1) is 6.79. The molecule has 1 aromatic carbocycles. The van der Waals surface area contributed by atoms with E-state index in [4.69, 9.17) is 34.8 Å². The summed E-state index contributed by atoms with van der Waals surface area (Å²) >= 11 is 16.3. The fraction of sp³-hybridized carbons (Fsp3) is 0.125. The molecule has 0 radical (unpaired) electrons. The fourth-order valence-electron chi connectivity index (χ4n) is 0.994. The predicted octanol–water partition coefficient (Wildman–Crippen LogP) is 4.48. The van der Waals surface area contributed by atoms with Crippen molar-refractivity contribution in [2.45, 2.75) is 6.18 Å². The summed E-state index contributed by atoms with van der Waals surface area (Å²) in [6.07, 6.45) is -4.72. The van der Waals surface area contributed by atoms with Gasteiger partial charge in [0.15, 0.2) is 6.29 Å². The summed E-state index contributed by atoms with van der Waals surface area (Å²) in [5, 5.41) is -1.38. The highest BCUT2D eigenvalue weighted by Gasteiger charge is 2.37. The molecule has 82 valence electrons. The van der Waals surface area contributed by atoms with E-state index in [9.17, 15) is 18.0 Å². The zero-order valence-corrected chi connectivity index (χ0v) is 9.10. The zero-order chi connectivity index (χ0) is 11.8. The van der Waals surface area contributed by atoms with Crippen LogP contribution in [0.4, 0.5) is 13.2 Å². The van der Waals surface area contributed by atoms with Gasteiger partial charge in [-0.3, -0.25) is 4.79 Å². The maximum Gasteiger partial charge on any atom is 0.418 e. The molecule has 0 heterocycles. The number of alkyl halides is 3. The second-order valence-electron chi connectivity index (χ2n) is 2.57. The Kier molecular flexibility index (Phi) is 3.53. The van der Waals surface area contributed by atoms with E-state index in [1.807, 2.05) is 0 Å². The zero-order valence-electron chi connectivity index (χ0n) is 6.83. The average Bonchev–Trinajstić information content (AvgIpc) is 2.11. The van der Waals surface area contributed by atoms with E-state index in [0.717, 1.165) is 6.07 Å². The third-order valence-electron chi connectivity index (χ3n) is 1.60. The van der Waals surface area contributed by atoms with Gasteiger partial charge in [0, 0.05) is 5.56 Å². The Hall–Kier alpha value is -0.450. The third-order valence-corrected chi connectivity index (χ3v) is 2.87. The molecule has 0 unspecified atom stereocenters. The van der Waals surface area contributed by atoms with Crippen molar-refractivity contribution in [1.29, 1.82) is 0 Å². The van der Waals surface area contributed by atoms with Crippen molar-refractivity contribution < 1.29 is 18.0 Å². The Morgan fingerprint density at radius 3 is 2.07 bits per heavy atom. The second kappa shape index (κ2) is 4.20. The molecule has 0 aromatic heterocycles. The van der Waals surface area contributed by atoms with Gasteiger partial charge in [0.1, 0.15) is 0 Å². The van der Waals surface area contributed by atoms with Crippen molar-refractivity contribution in [3.05, 3.63) is 32.3 Å². The molecule has 1 aromatic rings. The topological polar surface area (TPSA) is 17.1 Å². The fourth-order valence-corrected chi connectivity index (χ4v) is 1.72. The minimum Gasteiger partial charge on any atom is -0.298 e. The quantitative estimate of drug-likeness (QED) is 0.546. The van der Waals surface area contributed by atoms with Gasteiger partial charge in [0.25, 0.3) is 0 Å². The van der Waals surface area contributed by atoms with Crippen LogP contribution in [0.15, 0.2) is 6.07 Å². The Balaban J connectivity index is 3.62. The molecule has 0 aliphatic rings. The van der Waals surface area contributed by atoms with Gasteiger partial charge in [-0.25, -0.2) is 0 Å². The number of hydrogen-bond acceptors (Lipinski definition) is 1. The first-order valence-corrected chi connectivity index (χ1v) is 4.62. The van der Waals surface area contributed by atoms with Crippen molar-refractivity contribution in [2.75, 3.05) is 0 Å². The van der Waals surface area contributed by atoms with Crippen LogP contribution in [0.2, 0.25) is 15.1 Å². The lowest BCUT2D eigenvalue weighted by Crippen LogP contribution is -2.10. The maximum absolute atomic E-state index is 12.5. The molecule has 0 amide bonds. The van der Waals surface area contributed by atoms with Crippen LogP contribution in [0.25, 0.3) is 0 Å². The number of halogens is 6. The highest BCUT2D eigenvalue weighted by atomic mass is 35.5. The van der Waals surface area contributed by atoms with Gasteiger partial charge >= 0.3 is 6.18 Å². The Bertz CT molecular complexity index is 415. The van der Waals surface area contributed by atoms with Crippen LogP contribution in [0.3, 0.4) is 0 Å². The minimum absolute atomic E-state index is 0.0247. The summed E-state index contributed by atoms with van der Waals surface area (Å²) in [6, 6.07) is 0.825. The lowest BCUT2D eigenvalue weighted by molar-refractivity contribution is -0.137. The lowest BCUT2D eigenvalue weighted by Gasteiger charge is -2.13. The largest absolute Gasteiger partial charge is 0.418 e. The van der Waals surface area contributed by atoms with Crippen molar-refractivity contribution in [3.8, 4) is 0 Å². The summed E-state index contributed by atoms with van der Waals surface area (Å²) in [6.45, 7) is 0. The van der Waals surface area contributed by atoms with Gasteiger partial charge in [0.05, 0.1) is 20.6 Å². The van der Waals surface area contributed by atoms with Gasteiger partial charge in [-0.1, -0.05) is 34.8 Å². The Morgan fingerprint density at radius 1 is 1.13 bits per heavy atom. The van der Waals surface area contributed by atoms with Crippen LogP contribution in [-0.4, -0.2) is 6.29 Å². The van der Waals surface area contributed by atoms with Crippen LogP contribution in [-0.2, 0) is 6.18 Å². The van der Waals surface area contributed by atoms with E-state index in [1.165, 1.54) is 0 Å². The monoisotopic (exact) mass is 276 g/mol. The van der Waals surface area contributed by atoms with Gasteiger partial charge in [-0.2, -0.15) is 13.2 Å². The molecule has 1 rings (SSSR count). The van der Waals surface area contributed by atoms with Crippen LogP contribution < -0.4 is 0 Å². The number of carbonyl (C=O) groups is 1. The van der Waals surface area contributed by atoms with E-state index >= 15 is 0 Å². The van der Waals surface area contributed by atoms with Crippen LogP contribution >= 0.6 is 34.8 Å². The van der Waals surface area contributed by atoms with Gasteiger partial charge in [-0.15, -0.1) is 0 Å². The summed E-state index contributed by atoms with van der Waals surface area (Å²) in [5.41, 5.74) is -1.91. The molecule has 0 aliphatic carbocycles. The lowest BCUT2D eigenvalue weighted by atomic mass is 10.1. The maximum atomic E-state index is 12.5. The van der Waals surface area contributed by atoms with Crippen molar-refractivity contribution in [2.24, 2.45) is 0 Å². The van der Waals surface area contributed by atoms with Gasteiger partial charge in [-0.05, 0) is 6.07 Å². The van der Waals surface area contributed by atoms with E-state index < -0.39 is 27.3 Å². The number of hydrogen-bond donors (Lipinski definition) is 0. The summed E-state index contributed by atoms with van der Waals surface area (Å²) in [7, 11) is 0. The van der Waals surface area contributed by atoms with Gasteiger partial charge < -0.3 is 0 Å². The molecule has 0 atom stereocenters. The highest BCUT2D eigenvalue weighted by Crippen LogP contribution is 2.42. The van der Waals surface area contributed by atoms with Crippen molar-refractivity contribution in [1.82, 2.24) is 0 Å². The molecule has 0 saturated carbocycles. The standard InChI is InChI=1S/C8H2Cl3F3O/c9-4-1-3(2-15)5(8(12,13)14)7(11)6(4)10/h1-2H. The Labute approximate surface area is 97.7 Å². The highest BCUT2D eigenvalue weighted by molar-refractivity contribution is 6.48. The first-order valence-electron chi connectivity index (χ1n) is 3.49. The number of aldehydes is 1. The first kappa shape index (κ1) is 12.6. The normalized spacial score (nSPS) is 11.6. The summed E-state index contributed by atoms with van der Waals surface area (Å²) in [5.74, 6) is 0. The van der Waals surface area contributed by atoms with E-state index in [2.05, 4.69) is 0 Å². The van der Waals surface area contributed by atoms with E-state index in [1.54, 1.807) is 0 Å². The molecule has 0 bridgehead atoms. The minimum atomic E-state index is -4.75. The summed E-state index contributed by atoms with van der Waals surface area (Å²) < 4.78 is 37.4. The van der Waals surface area contributed by atoms with Gasteiger partial charge in [0.2, 0.25) is 0 Å². The van der Waals surface area contributed by atoms with E-state index in [-0.39, 0.29) is 11.3 Å². The smallest absolute Gasteiger partial charge is 0.298 e. The molecule has 0 spiro atoms. The molecular formula is C8H2Cl3F3O. The molecule has 7 heteroatoms. The van der Waals surface area contributed by atoms with Crippen LogP contribution in [0, 0.1) is 0 Å². The molecule has 0 aliphatic heterocycles. The second-order valence-corrected chi connectivity index (χ2v) is 3.73. The SMILES string of the molecule is O=Cc1cc(Cl)c(Cl)c(Cl)c1C(F)(F)F. The number of benzene rings is 1. The molecule has 0 N–H and O–H groups in total. The Morgan fingerprint density at radius 2 is 1.67 bits per heavy atom. The molecular weight excluding hydrogens is 275 g/mol. The van der Waals surface area contributed by atoms with Crippen molar-refractivity contribution in [3.63, 3.8) is 0 Å². The third kappa shape index (κ3) is 2.38. The predicted molar refractivity (Wildman–Crippen MR) is 51.9 cm³/mol. The molecule has 15 heavy (non-hydrogen) atoms. The van der Waals surface area contributed by atoms with E-state index in [0.29, 0.717) is 0 Å². The van der Waals surface area contributed by atoms with Crippen LogP contribution in [0.1, 0.15) is 15.9 Å². The molecule has 1 nitrogen and oxygen atoms in total. The number of carbonyl (C=O) groups excluding carboxylic acids is 1. The number of rotatable bonds is 1. The molecule has 0 saturated heterocycles. The molecule has 0 fully saturated rings. The van der Waals surface area contributed by atoms with Crippen molar-refractivity contribution >= 4 is 41.1 Å².